The maximum atomic E-state index is 13.3. The molecule has 17 heavy (non-hydrogen) atoms. The van der Waals surface area contributed by atoms with Crippen LogP contribution in [-0.4, -0.2) is 15.1 Å². The van der Waals surface area contributed by atoms with Crippen molar-refractivity contribution in [3.63, 3.8) is 0 Å². The van der Waals surface area contributed by atoms with Gasteiger partial charge in [0.2, 0.25) is 0 Å². The highest BCUT2D eigenvalue weighted by Crippen LogP contribution is 2.29. The number of hydrogen-bond acceptors (Lipinski definition) is 3. The van der Waals surface area contributed by atoms with E-state index in [0.29, 0.717) is 21.4 Å². The van der Waals surface area contributed by atoms with Crippen molar-refractivity contribution >= 4 is 26.8 Å². The summed E-state index contributed by atoms with van der Waals surface area (Å²) in [6.45, 7) is 0. The van der Waals surface area contributed by atoms with Gasteiger partial charge in [-0.05, 0) is 28.1 Å². The van der Waals surface area contributed by atoms with Crippen molar-refractivity contribution in [2.75, 3.05) is 0 Å². The summed E-state index contributed by atoms with van der Waals surface area (Å²) in [6.07, 6.45) is 1.63. The Kier molecular flexibility index (Phi) is 2.15. The number of aromatic amines is 2. The van der Waals surface area contributed by atoms with Crippen molar-refractivity contribution < 1.29 is 8.91 Å². The zero-order chi connectivity index (χ0) is 12.0. The Bertz CT molecular complexity index is 758. The normalized spacial score (nSPS) is 11.2. The number of nitrogens with one attached hydrogen (secondary N) is 2. The minimum Gasteiger partial charge on any atom is -0.360 e. The fraction of sp³-hybridized carbons (Fsp3) is 0. The number of H-pyrrole nitrogens is 2. The van der Waals surface area contributed by atoms with Crippen LogP contribution in [0.1, 0.15) is 0 Å². The molecular weight excluding hydrogens is 293 g/mol. The second kappa shape index (κ2) is 3.56. The molecule has 0 aliphatic carbocycles. The van der Waals surface area contributed by atoms with Crippen LogP contribution in [0, 0.1) is 5.82 Å². The van der Waals surface area contributed by atoms with Gasteiger partial charge in [-0.3, -0.25) is 9.51 Å². The zero-order valence-corrected chi connectivity index (χ0v) is 9.84. The number of hydrogen-bond donors (Lipinski definition) is 2. The molecule has 5 nitrogen and oxygen atoms in total. The first-order chi connectivity index (χ1) is 8.15. The highest BCUT2D eigenvalue weighted by Gasteiger charge is 2.12. The van der Waals surface area contributed by atoms with Gasteiger partial charge in [-0.2, -0.15) is 0 Å². The average molecular weight is 298 g/mol. The number of halogens is 2. The molecule has 0 unspecified atom stereocenters. The van der Waals surface area contributed by atoms with E-state index in [2.05, 4.69) is 35.6 Å². The Labute approximate surface area is 102 Å². The molecule has 0 saturated heterocycles. The molecule has 0 spiro atoms. The Balaban J connectivity index is 2.31. The third-order valence-corrected chi connectivity index (χ3v) is 3.03. The molecule has 86 valence electrons. The molecule has 3 aromatic rings. The van der Waals surface area contributed by atoms with E-state index in [1.165, 1.54) is 6.07 Å². The van der Waals surface area contributed by atoms with Gasteiger partial charge >= 0.3 is 5.76 Å². The third-order valence-electron chi connectivity index (χ3n) is 2.42. The second-order valence-corrected chi connectivity index (χ2v) is 4.31. The van der Waals surface area contributed by atoms with Crippen LogP contribution in [0.25, 0.3) is 22.3 Å². The molecule has 3 rings (SSSR count). The quantitative estimate of drug-likeness (QED) is 0.724. The molecule has 0 saturated carbocycles. The van der Waals surface area contributed by atoms with Crippen molar-refractivity contribution in [2.45, 2.75) is 0 Å². The lowest BCUT2D eigenvalue weighted by Crippen LogP contribution is -1.94. The van der Waals surface area contributed by atoms with Crippen LogP contribution in [0.5, 0.6) is 0 Å². The topological polar surface area (TPSA) is 74.7 Å². The fourth-order valence-electron chi connectivity index (χ4n) is 1.66. The fourth-order valence-corrected chi connectivity index (χ4v) is 2.00. The van der Waals surface area contributed by atoms with Gasteiger partial charge < -0.3 is 4.98 Å². The van der Waals surface area contributed by atoms with Crippen LogP contribution in [0.3, 0.4) is 0 Å². The Morgan fingerprint density at radius 1 is 1.41 bits per heavy atom. The van der Waals surface area contributed by atoms with E-state index >= 15 is 0 Å². The number of fused-ring (bicyclic) bond motifs is 1. The molecule has 0 amide bonds. The zero-order valence-electron chi connectivity index (χ0n) is 8.25. The molecular formula is C10H5BrFN3O2. The van der Waals surface area contributed by atoms with Gasteiger partial charge in [-0.1, -0.05) is 5.16 Å². The van der Waals surface area contributed by atoms with Gasteiger partial charge in [0, 0.05) is 22.7 Å². The lowest BCUT2D eigenvalue weighted by molar-refractivity contribution is 0.388. The van der Waals surface area contributed by atoms with Crippen LogP contribution < -0.4 is 5.76 Å². The number of aromatic nitrogens is 3. The molecule has 7 heteroatoms. The van der Waals surface area contributed by atoms with Gasteiger partial charge in [0.05, 0.1) is 4.47 Å². The standard InChI is InChI=1S/C10H5BrFN3O2/c11-6-1-4-5(9-14-10(16)17-15-9)3-13-8(4)2-7(6)12/h1-3,13H,(H,14,15,16). The molecule has 2 heterocycles. The van der Waals surface area contributed by atoms with E-state index < -0.39 is 5.76 Å². The van der Waals surface area contributed by atoms with E-state index in [9.17, 15) is 9.18 Å². The van der Waals surface area contributed by atoms with Gasteiger partial charge in [0.1, 0.15) is 5.82 Å². The van der Waals surface area contributed by atoms with E-state index in [1.54, 1.807) is 12.3 Å². The molecule has 0 fully saturated rings. The maximum Gasteiger partial charge on any atom is 0.439 e. The van der Waals surface area contributed by atoms with Crippen molar-refractivity contribution in [3.8, 4) is 11.4 Å². The van der Waals surface area contributed by atoms with E-state index in [0.717, 1.165) is 5.39 Å². The van der Waals surface area contributed by atoms with Crippen LogP contribution >= 0.6 is 15.9 Å². The van der Waals surface area contributed by atoms with E-state index in [4.69, 9.17) is 0 Å². The first-order valence-corrected chi connectivity index (χ1v) is 5.47. The predicted molar refractivity (Wildman–Crippen MR) is 62.1 cm³/mol. The van der Waals surface area contributed by atoms with Crippen LogP contribution in [-0.2, 0) is 0 Å². The summed E-state index contributed by atoms with van der Waals surface area (Å²) in [4.78, 5) is 16.2. The largest absolute Gasteiger partial charge is 0.439 e. The first kappa shape index (κ1) is 10.3. The number of benzene rings is 1. The van der Waals surface area contributed by atoms with Crippen molar-refractivity contribution in [1.29, 1.82) is 0 Å². The summed E-state index contributed by atoms with van der Waals surface area (Å²) in [6, 6.07) is 2.98. The second-order valence-electron chi connectivity index (χ2n) is 3.46. The SMILES string of the molecule is O=c1[nH]c(-c2c[nH]c3cc(F)c(Br)cc23)no1. The highest BCUT2D eigenvalue weighted by molar-refractivity contribution is 9.10. The molecule has 1 aromatic carbocycles. The molecule has 2 N–H and O–H groups in total. The average Bonchev–Trinajstić information content (AvgIpc) is 2.86. The van der Waals surface area contributed by atoms with Crippen molar-refractivity contribution in [3.05, 3.63) is 39.2 Å². The monoisotopic (exact) mass is 297 g/mol. The van der Waals surface area contributed by atoms with Gasteiger partial charge in [-0.15, -0.1) is 0 Å². The van der Waals surface area contributed by atoms with Gasteiger partial charge in [0.25, 0.3) is 0 Å². The summed E-state index contributed by atoms with van der Waals surface area (Å²) in [7, 11) is 0. The predicted octanol–water partition coefficient (Wildman–Crippen LogP) is 2.41. The lowest BCUT2D eigenvalue weighted by atomic mass is 10.1. The first-order valence-electron chi connectivity index (χ1n) is 4.67. The summed E-state index contributed by atoms with van der Waals surface area (Å²) in [5.41, 5.74) is 1.26. The Hall–Kier alpha value is -1.89. The number of nitrogens with zero attached hydrogens (tertiary/aromatic N) is 1. The third kappa shape index (κ3) is 1.59. The summed E-state index contributed by atoms with van der Waals surface area (Å²) in [5, 5.41) is 4.33. The minimum atomic E-state index is -0.629. The Morgan fingerprint density at radius 2 is 2.24 bits per heavy atom. The van der Waals surface area contributed by atoms with Crippen LogP contribution in [0.4, 0.5) is 4.39 Å². The summed E-state index contributed by atoms with van der Waals surface area (Å²) >= 11 is 3.11. The molecule has 0 aliphatic heterocycles. The van der Waals surface area contributed by atoms with Gasteiger partial charge in [0.15, 0.2) is 5.82 Å². The molecule has 0 atom stereocenters. The molecule has 2 aromatic heterocycles. The summed E-state index contributed by atoms with van der Waals surface area (Å²) in [5.74, 6) is -0.685. The highest BCUT2D eigenvalue weighted by atomic mass is 79.9. The van der Waals surface area contributed by atoms with E-state index in [1.807, 2.05) is 0 Å². The maximum absolute atomic E-state index is 13.3. The van der Waals surface area contributed by atoms with Crippen LogP contribution in [0.2, 0.25) is 0 Å². The minimum absolute atomic E-state index is 0.305. The Morgan fingerprint density at radius 3 is 2.94 bits per heavy atom. The van der Waals surface area contributed by atoms with Gasteiger partial charge in [-0.25, -0.2) is 9.18 Å². The molecule has 0 bridgehead atoms. The molecule has 0 radical (unpaired) electrons. The number of rotatable bonds is 1. The smallest absolute Gasteiger partial charge is 0.360 e. The lowest BCUT2D eigenvalue weighted by Gasteiger charge is -1.96. The summed E-state index contributed by atoms with van der Waals surface area (Å²) < 4.78 is 18.1. The van der Waals surface area contributed by atoms with Crippen molar-refractivity contribution in [2.24, 2.45) is 0 Å². The van der Waals surface area contributed by atoms with E-state index in [-0.39, 0.29) is 5.82 Å². The molecule has 0 aliphatic rings. The van der Waals surface area contributed by atoms with Crippen LogP contribution in [0.15, 0.2) is 32.1 Å². The van der Waals surface area contributed by atoms with Crippen molar-refractivity contribution in [1.82, 2.24) is 15.1 Å².